The predicted molar refractivity (Wildman–Crippen MR) is 112 cm³/mol. The van der Waals surface area contributed by atoms with Crippen molar-refractivity contribution in [1.29, 1.82) is 0 Å². The number of hydrogen-bond donors (Lipinski definition) is 1. The molecule has 0 spiro atoms. The van der Waals surface area contributed by atoms with Crippen LogP contribution in [0.4, 0.5) is 5.69 Å². The van der Waals surface area contributed by atoms with Crippen LogP contribution in [0.15, 0.2) is 63.0 Å². The van der Waals surface area contributed by atoms with E-state index in [4.69, 9.17) is 5.10 Å². The summed E-state index contributed by atoms with van der Waals surface area (Å²) in [7, 11) is 0. The third kappa shape index (κ3) is 3.16. The minimum Gasteiger partial charge on any atom is -0.291 e. The molecule has 28 heavy (non-hydrogen) atoms. The summed E-state index contributed by atoms with van der Waals surface area (Å²) in [5, 5.41) is 5.22. The maximum atomic E-state index is 13.0. The van der Waals surface area contributed by atoms with E-state index in [0.29, 0.717) is 22.1 Å². The molecule has 4 rings (SSSR count). The Bertz CT molecular complexity index is 1130. The molecular formula is C20H18BrN4O2S+. The number of nitrogens with one attached hydrogen (secondary N) is 1. The summed E-state index contributed by atoms with van der Waals surface area (Å²) < 4.78 is 2.56. The molecule has 0 radical (unpaired) electrons. The lowest BCUT2D eigenvalue weighted by atomic mass is 10.0. The van der Waals surface area contributed by atoms with Gasteiger partial charge in [-0.15, -0.1) is 0 Å². The number of halogens is 1. The van der Waals surface area contributed by atoms with Gasteiger partial charge in [0.15, 0.2) is 0 Å². The van der Waals surface area contributed by atoms with Crippen molar-refractivity contribution in [3.8, 4) is 11.3 Å². The molecule has 2 heterocycles. The molecule has 0 aliphatic carbocycles. The van der Waals surface area contributed by atoms with E-state index in [1.54, 1.807) is 9.58 Å². The molecular weight excluding hydrogens is 440 g/mol. The Morgan fingerprint density at radius 3 is 2.79 bits per heavy atom. The van der Waals surface area contributed by atoms with Gasteiger partial charge in [0, 0.05) is 22.1 Å². The van der Waals surface area contributed by atoms with Crippen LogP contribution < -0.4 is 15.1 Å². The quantitative estimate of drug-likeness (QED) is 0.482. The number of para-hydroxylation sites is 1. The molecule has 1 amide bonds. The molecule has 1 atom stereocenters. The molecule has 0 bridgehead atoms. The molecule has 142 valence electrons. The van der Waals surface area contributed by atoms with Crippen LogP contribution >= 0.6 is 27.7 Å². The molecule has 1 N–H and O–H groups in total. The summed E-state index contributed by atoms with van der Waals surface area (Å²) in [6.45, 7) is 3.53. The number of fused-ring (bicyclic) bond motifs is 3. The Balaban J connectivity index is 2.07. The van der Waals surface area contributed by atoms with Crippen molar-refractivity contribution in [2.45, 2.75) is 25.2 Å². The van der Waals surface area contributed by atoms with Crippen molar-refractivity contribution >= 4 is 39.3 Å². The molecule has 0 unspecified atom stereocenters. The molecule has 0 saturated carbocycles. The fourth-order valence-electron chi connectivity index (χ4n) is 3.48. The smallest absolute Gasteiger partial charge is 0.291 e. The van der Waals surface area contributed by atoms with Crippen LogP contribution in [-0.2, 0) is 4.79 Å². The summed E-state index contributed by atoms with van der Waals surface area (Å²) >= 11 is 4.96. The van der Waals surface area contributed by atoms with Crippen LogP contribution in [0.5, 0.6) is 0 Å². The van der Waals surface area contributed by atoms with E-state index in [9.17, 15) is 9.59 Å². The summed E-state index contributed by atoms with van der Waals surface area (Å²) in [6.07, 6.45) is -0.557. The second-order valence-electron chi connectivity index (χ2n) is 6.32. The van der Waals surface area contributed by atoms with Gasteiger partial charge in [0.05, 0.1) is 11.3 Å². The minimum absolute atomic E-state index is 0.123. The summed E-state index contributed by atoms with van der Waals surface area (Å²) in [5.74, 6) is 0.652. The Morgan fingerprint density at radius 2 is 2.07 bits per heavy atom. The number of H-pyrrole nitrogens is 1. The Kier molecular flexibility index (Phi) is 5.07. The van der Waals surface area contributed by atoms with E-state index >= 15 is 0 Å². The first-order valence-corrected chi connectivity index (χ1v) is 10.6. The zero-order chi connectivity index (χ0) is 19.8. The lowest BCUT2D eigenvalue weighted by Gasteiger charge is -2.31. The van der Waals surface area contributed by atoms with Crippen LogP contribution in [0.2, 0.25) is 0 Å². The highest BCUT2D eigenvalue weighted by Crippen LogP contribution is 2.37. The van der Waals surface area contributed by atoms with Crippen molar-refractivity contribution in [1.82, 2.24) is 10.1 Å². The van der Waals surface area contributed by atoms with Gasteiger partial charge in [-0.1, -0.05) is 58.9 Å². The summed E-state index contributed by atoms with van der Waals surface area (Å²) in [6, 6.07) is 15.1. The molecule has 1 aliphatic heterocycles. The van der Waals surface area contributed by atoms with E-state index in [2.05, 4.69) is 20.9 Å². The first kappa shape index (κ1) is 18.9. The maximum absolute atomic E-state index is 13.0. The van der Waals surface area contributed by atoms with Gasteiger partial charge in [-0.2, -0.15) is 0 Å². The van der Waals surface area contributed by atoms with Crippen LogP contribution in [0.25, 0.3) is 11.3 Å². The van der Waals surface area contributed by atoms with Crippen molar-refractivity contribution in [3.63, 3.8) is 0 Å². The number of amides is 1. The van der Waals surface area contributed by atoms with Crippen LogP contribution in [0.3, 0.4) is 0 Å². The number of thioether (sulfide) groups is 1. The van der Waals surface area contributed by atoms with Gasteiger partial charge in [0.1, 0.15) is 0 Å². The number of rotatable bonds is 3. The zero-order valence-electron chi connectivity index (χ0n) is 15.3. The lowest BCUT2D eigenvalue weighted by Crippen LogP contribution is -2.60. The first-order chi connectivity index (χ1) is 13.5. The largest absolute Gasteiger partial charge is 0.325 e. The van der Waals surface area contributed by atoms with Crippen molar-refractivity contribution in [2.75, 3.05) is 10.7 Å². The van der Waals surface area contributed by atoms with Crippen molar-refractivity contribution in [2.24, 2.45) is 0 Å². The maximum Gasteiger partial charge on any atom is 0.325 e. The number of carbonyl (C=O) groups excluding carboxylic acids is 1. The number of aromatic amines is 1. The molecule has 0 fully saturated rings. The SMILES string of the molecule is CCSc1n[n+]2c(c(=O)[nH]1)-c1ccccc1N(C(C)=O)[C@@H]2c1cccc(Br)c1. The topological polar surface area (TPSA) is 69.9 Å². The molecule has 0 saturated heterocycles. The third-order valence-corrected chi connectivity index (χ3v) is 5.76. The van der Waals surface area contributed by atoms with Crippen LogP contribution in [-0.4, -0.2) is 21.7 Å². The van der Waals surface area contributed by atoms with Crippen LogP contribution in [0, 0.1) is 0 Å². The average Bonchev–Trinajstić information content (AvgIpc) is 2.66. The van der Waals surface area contributed by atoms with Gasteiger partial charge >= 0.3 is 11.3 Å². The number of carbonyl (C=O) groups is 1. The van der Waals surface area contributed by atoms with Crippen molar-refractivity contribution in [3.05, 3.63) is 68.9 Å². The highest BCUT2D eigenvalue weighted by Gasteiger charge is 2.44. The highest BCUT2D eigenvalue weighted by molar-refractivity contribution is 9.10. The molecule has 1 aromatic heterocycles. The van der Waals surface area contributed by atoms with E-state index in [-0.39, 0.29) is 11.5 Å². The fraction of sp³-hybridized carbons (Fsp3) is 0.200. The fourth-order valence-corrected chi connectivity index (χ4v) is 4.48. The van der Waals surface area contributed by atoms with Gasteiger partial charge in [0.2, 0.25) is 11.1 Å². The van der Waals surface area contributed by atoms with Gasteiger partial charge < -0.3 is 0 Å². The Hall–Kier alpha value is -2.45. The summed E-state index contributed by atoms with van der Waals surface area (Å²) in [5.41, 5.74) is 2.46. The minimum atomic E-state index is -0.557. The van der Waals surface area contributed by atoms with Gasteiger partial charge in [0.25, 0.3) is 6.17 Å². The normalized spacial score (nSPS) is 15.1. The Morgan fingerprint density at radius 1 is 1.29 bits per heavy atom. The first-order valence-electron chi connectivity index (χ1n) is 8.85. The van der Waals surface area contributed by atoms with Gasteiger partial charge in [-0.05, 0) is 34.7 Å². The molecule has 8 heteroatoms. The summed E-state index contributed by atoms with van der Waals surface area (Å²) in [4.78, 5) is 30.3. The molecule has 3 aromatic rings. The predicted octanol–water partition coefficient (Wildman–Crippen LogP) is 3.51. The molecule has 6 nitrogen and oxygen atoms in total. The second-order valence-corrected chi connectivity index (χ2v) is 8.49. The number of hydrogen-bond acceptors (Lipinski definition) is 4. The third-order valence-electron chi connectivity index (χ3n) is 4.53. The lowest BCUT2D eigenvalue weighted by molar-refractivity contribution is -0.763. The number of nitrogens with zero attached hydrogens (tertiary/aromatic N) is 3. The van der Waals surface area contributed by atoms with Crippen LogP contribution in [0.1, 0.15) is 25.6 Å². The van der Waals surface area contributed by atoms with E-state index in [0.717, 1.165) is 15.8 Å². The standard InChI is InChI=1S/C20H17BrN4O2S/c1-3-28-20-22-18(27)17-15-9-4-5-10-16(15)24(12(2)26)19(25(17)23-20)13-7-6-8-14(21)11-13/h4-11,19H,3H2,1-2H3/p+1/t19-/m0/s1. The van der Waals surface area contributed by atoms with E-state index in [1.165, 1.54) is 18.7 Å². The zero-order valence-corrected chi connectivity index (χ0v) is 17.8. The number of anilines is 1. The van der Waals surface area contributed by atoms with E-state index in [1.807, 2.05) is 55.5 Å². The van der Waals surface area contributed by atoms with Gasteiger partial charge in [-0.25, -0.2) is 4.90 Å². The van der Waals surface area contributed by atoms with E-state index < -0.39 is 6.17 Å². The van der Waals surface area contributed by atoms with Gasteiger partial charge in [-0.3, -0.25) is 14.6 Å². The molecule has 2 aromatic carbocycles. The molecule has 1 aliphatic rings. The monoisotopic (exact) mass is 457 g/mol. The number of aromatic nitrogens is 3. The average molecular weight is 458 g/mol. The second kappa shape index (κ2) is 7.52. The Labute approximate surface area is 174 Å². The number of benzene rings is 2. The van der Waals surface area contributed by atoms with Crippen molar-refractivity contribution < 1.29 is 9.48 Å². The highest BCUT2D eigenvalue weighted by atomic mass is 79.9.